The second-order valence-electron chi connectivity index (χ2n) is 8.80. The summed E-state index contributed by atoms with van der Waals surface area (Å²) < 4.78 is 13.8. The van der Waals surface area contributed by atoms with Crippen molar-refractivity contribution in [1.29, 1.82) is 5.26 Å². The first-order valence-electron chi connectivity index (χ1n) is 10.3. The lowest BCUT2D eigenvalue weighted by Gasteiger charge is -2.47. The van der Waals surface area contributed by atoms with E-state index in [0.717, 1.165) is 32.4 Å². The summed E-state index contributed by atoms with van der Waals surface area (Å²) in [5, 5.41) is 12.9. The molecule has 5 heteroatoms. The zero-order valence-corrected chi connectivity index (χ0v) is 15.8. The van der Waals surface area contributed by atoms with Crippen LogP contribution in [0.4, 0.5) is 4.39 Å². The fourth-order valence-corrected chi connectivity index (χ4v) is 6.55. The molecule has 4 rings (SSSR count). The van der Waals surface area contributed by atoms with Crippen molar-refractivity contribution in [2.24, 2.45) is 17.8 Å². The fourth-order valence-electron chi connectivity index (χ4n) is 6.20. The van der Waals surface area contributed by atoms with E-state index < -0.39 is 6.17 Å². The molecule has 1 saturated carbocycles. The molecule has 8 atom stereocenters. The van der Waals surface area contributed by atoms with Gasteiger partial charge in [-0.15, -0.1) is 11.6 Å². The molecular formula is C20H31ClFN3. The summed E-state index contributed by atoms with van der Waals surface area (Å²) in [6.45, 7) is 2.18. The second-order valence-corrected chi connectivity index (χ2v) is 9.36. The van der Waals surface area contributed by atoms with Crippen LogP contribution in [0.15, 0.2) is 0 Å². The Hall–Kier alpha value is -0.370. The van der Waals surface area contributed by atoms with E-state index in [0.29, 0.717) is 36.3 Å². The van der Waals surface area contributed by atoms with Gasteiger partial charge in [0, 0.05) is 18.6 Å². The Kier molecular flexibility index (Phi) is 5.55. The van der Waals surface area contributed by atoms with Crippen molar-refractivity contribution >= 4 is 11.6 Å². The molecule has 0 bridgehead atoms. The molecular weight excluding hydrogens is 337 g/mol. The summed E-state index contributed by atoms with van der Waals surface area (Å²) in [6.07, 6.45) is 8.91. The zero-order chi connectivity index (χ0) is 17.4. The number of nitrogens with one attached hydrogen (secondary N) is 1. The maximum Gasteiger partial charge on any atom is 0.116 e. The smallest absolute Gasteiger partial charge is 0.116 e. The van der Waals surface area contributed by atoms with Crippen molar-refractivity contribution in [2.45, 2.75) is 87.5 Å². The largest absolute Gasteiger partial charge is 0.313 e. The molecule has 3 saturated heterocycles. The molecule has 0 aromatic rings. The van der Waals surface area contributed by atoms with E-state index >= 15 is 0 Å². The molecule has 4 aliphatic rings. The fraction of sp³-hybridized carbons (Fsp3) is 0.950. The highest BCUT2D eigenvalue weighted by atomic mass is 35.5. The normalized spacial score (nSPS) is 48.7. The predicted octanol–water partition coefficient (Wildman–Crippen LogP) is 3.87. The van der Waals surface area contributed by atoms with Crippen LogP contribution < -0.4 is 5.32 Å². The van der Waals surface area contributed by atoms with Gasteiger partial charge in [0.05, 0.1) is 17.5 Å². The number of piperidine rings is 2. The van der Waals surface area contributed by atoms with Crippen LogP contribution >= 0.6 is 11.6 Å². The van der Waals surface area contributed by atoms with E-state index in [4.69, 9.17) is 11.6 Å². The van der Waals surface area contributed by atoms with Gasteiger partial charge in [0.25, 0.3) is 0 Å². The Morgan fingerprint density at radius 3 is 2.64 bits per heavy atom. The van der Waals surface area contributed by atoms with Crippen LogP contribution in [0.2, 0.25) is 0 Å². The Morgan fingerprint density at radius 2 is 1.84 bits per heavy atom. The zero-order valence-electron chi connectivity index (χ0n) is 15.0. The first-order chi connectivity index (χ1) is 12.2. The summed E-state index contributed by atoms with van der Waals surface area (Å²) in [5.74, 6) is 1.86. The molecule has 1 N–H and O–H groups in total. The van der Waals surface area contributed by atoms with Crippen LogP contribution in [0.1, 0.15) is 57.8 Å². The van der Waals surface area contributed by atoms with Gasteiger partial charge in [-0.2, -0.15) is 5.26 Å². The number of hydrogen-bond donors (Lipinski definition) is 1. The molecule has 3 nitrogen and oxygen atoms in total. The Balaban J connectivity index is 1.45. The standard InChI is InChI=1S/C20H31ClFN3/c21-18-10-13(4-8-19(18)22)20-17(2-1-9-24-20)14-3-5-15-6-7-16(11-23)25(15)12-14/h13-20,24H,1-10,12H2. The van der Waals surface area contributed by atoms with Gasteiger partial charge < -0.3 is 5.32 Å². The Labute approximate surface area is 156 Å². The van der Waals surface area contributed by atoms with E-state index in [1.807, 2.05) is 0 Å². The summed E-state index contributed by atoms with van der Waals surface area (Å²) in [7, 11) is 0. The van der Waals surface area contributed by atoms with E-state index in [9.17, 15) is 9.65 Å². The summed E-state index contributed by atoms with van der Waals surface area (Å²) in [4.78, 5) is 2.50. The van der Waals surface area contributed by atoms with Gasteiger partial charge in [-0.3, -0.25) is 4.90 Å². The van der Waals surface area contributed by atoms with Crippen molar-refractivity contribution in [3.05, 3.63) is 0 Å². The summed E-state index contributed by atoms with van der Waals surface area (Å²) >= 11 is 6.28. The van der Waals surface area contributed by atoms with Crippen LogP contribution in [0, 0.1) is 29.1 Å². The first kappa shape index (κ1) is 18.0. The molecule has 8 unspecified atom stereocenters. The minimum Gasteiger partial charge on any atom is -0.313 e. The molecule has 0 aromatic heterocycles. The van der Waals surface area contributed by atoms with Crippen molar-refractivity contribution in [3.63, 3.8) is 0 Å². The second kappa shape index (κ2) is 7.71. The van der Waals surface area contributed by atoms with Crippen LogP contribution in [-0.2, 0) is 0 Å². The average molecular weight is 368 g/mol. The average Bonchev–Trinajstić information content (AvgIpc) is 3.06. The molecule has 3 heterocycles. The third-order valence-electron chi connectivity index (χ3n) is 7.51. The van der Waals surface area contributed by atoms with Gasteiger partial charge in [0.1, 0.15) is 6.17 Å². The monoisotopic (exact) mass is 367 g/mol. The van der Waals surface area contributed by atoms with Crippen molar-refractivity contribution in [2.75, 3.05) is 13.1 Å². The lowest BCUT2D eigenvalue weighted by atomic mass is 9.69. The number of nitrogens with zero attached hydrogens (tertiary/aromatic N) is 2. The van der Waals surface area contributed by atoms with Gasteiger partial charge >= 0.3 is 0 Å². The van der Waals surface area contributed by atoms with Crippen LogP contribution in [0.3, 0.4) is 0 Å². The van der Waals surface area contributed by atoms with E-state index in [1.54, 1.807) is 0 Å². The SMILES string of the molecule is N#CC1CCC2CCC(C3CCCNC3C3CCC(F)C(Cl)C3)CN12. The lowest BCUT2D eigenvalue weighted by molar-refractivity contribution is 0.0448. The summed E-state index contributed by atoms with van der Waals surface area (Å²) in [5.41, 5.74) is 0. The summed E-state index contributed by atoms with van der Waals surface area (Å²) in [6, 6.07) is 3.80. The number of halogens is 2. The van der Waals surface area contributed by atoms with E-state index in [-0.39, 0.29) is 11.4 Å². The van der Waals surface area contributed by atoms with Crippen LogP contribution in [0.5, 0.6) is 0 Å². The van der Waals surface area contributed by atoms with Crippen LogP contribution in [-0.4, -0.2) is 47.7 Å². The molecule has 0 spiro atoms. The van der Waals surface area contributed by atoms with Gasteiger partial charge in [0.15, 0.2) is 0 Å². The number of hydrogen-bond acceptors (Lipinski definition) is 3. The number of nitriles is 1. The topological polar surface area (TPSA) is 39.1 Å². The molecule has 25 heavy (non-hydrogen) atoms. The highest BCUT2D eigenvalue weighted by molar-refractivity contribution is 6.21. The van der Waals surface area contributed by atoms with Gasteiger partial charge in [-0.1, -0.05) is 0 Å². The molecule has 0 aromatic carbocycles. The minimum atomic E-state index is -0.823. The maximum atomic E-state index is 13.8. The maximum absolute atomic E-state index is 13.8. The van der Waals surface area contributed by atoms with E-state index in [1.165, 1.54) is 32.1 Å². The first-order valence-corrected chi connectivity index (χ1v) is 10.8. The third-order valence-corrected chi connectivity index (χ3v) is 7.96. The molecule has 140 valence electrons. The predicted molar refractivity (Wildman–Crippen MR) is 98.2 cm³/mol. The van der Waals surface area contributed by atoms with Gasteiger partial charge in [-0.05, 0) is 82.1 Å². The Bertz CT molecular complexity index is 510. The van der Waals surface area contributed by atoms with E-state index in [2.05, 4.69) is 16.3 Å². The lowest BCUT2D eigenvalue weighted by Crippen LogP contribution is -2.54. The molecule has 0 radical (unpaired) electrons. The molecule has 0 amide bonds. The number of alkyl halides is 2. The highest BCUT2D eigenvalue weighted by Gasteiger charge is 2.44. The Morgan fingerprint density at radius 1 is 1.04 bits per heavy atom. The van der Waals surface area contributed by atoms with Crippen molar-refractivity contribution in [1.82, 2.24) is 10.2 Å². The van der Waals surface area contributed by atoms with Gasteiger partial charge in [0.2, 0.25) is 0 Å². The van der Waals surface area contributed by atoms with Crippen molar-refractivity contribution < 1.29 is 4.39 Å². The quantitative estimate of drug-likeness (QED) is 0.753. The third kappa shape index (κ3) is 3.57. The number of rotatable bonds is 2. The molecule has 3 aliphatic heterocycles. The number of fused-ring (bicyclic) bond motifs is 1. The minimum absolute atomic E-state index is 0.136. The van der Waals surface area contributed by atoms with Gasteiger partial charge in [-0.25, -0.2) is 4.39 Å². The highest BCUT2D eigenvalue weighted by Crippen LogP contribution is 2.43. The van der Waals surface area contributed by atoms with Crippen molar-refractivity contribution in [3.8, 4) is 6.07 Å². The van der Waals surface area contributed by atoms with Crippen LogP contribution in [0.25, 0.3) is 0 Å². The molecule has 4 fully saturated rings. The molecule has 1 aliphatic carbocycles.